The summed E-state index contributed by atoms with van der Waals surface area (Å²) in [5.41, 5.74) is 0. The van der Waals surface area contributed by atoms with E-state index in [1.807, 2.05) is 0 Å². The molecule has 0 aromatic heterocycles. The second kappa shape index (κ2) is 6.44. The van der Waals surface area contributed by atoms with Crippen LogP contribution in [0.25, 0.3) is 0 Å². The first-order valence-corrected chi connectivity index (χ1v) is 6.48. The smallest absolute Gasteiger partial charge is 0.00720 e. The molecular weight excluding hydrogens is 170 g/mol. The first-order valence-electron chi connectivity index (χ1n) is 6.48. The van der Waals surface area contributed by atoms with Gasteiger partial charge in [-0.15, -0.1) is 0 Å². The average molecular weight is 197 g/mol. The summed E-state index contributed by atoms with van der Waals surface area (Å²) in [7, 11) is 0. The highest BCUT2D eigenvalue weighted by Gasteiger charge is 2.19. The van der Waals surface area contributed by atoms with E-state index in [0.29, 0.717) is 0 Å². The molecule has 84 valence electrons. The summed E-state index contributed by atoms with van der Waals surface area (Å²) in [5, 5.41) is 3.78. The van der Waals surface area contributed by atoms with Gasteiger partial charge >= 0.3 is 0 Å². The highest BCUT2D eigenvalue weighted by molar-refractivity contribution is 4.78. The van der Waals surface area contributed by atoms with E-state index in [-0.39, 0.29) is 0 Å². The molecular formula is C13H27N. The van der Waals surface area contributed by atoms with E-state index in [1.165, 1.54) is 44.9 Å². The van der Waals surface area contributed by atoms with E-state index in [4.69, 9.17) is 0 Å². The maximum absolute atomic E-state index is 3.78. The van der Waals surface area contributed by atoms with Crippen LogP contribution in [0.1, 0.15) is 65.7 Å². The zero-order chi connectivity index (χ0) is 10.4. The van der Waals surface area contributed by atoms with Gasteiger partial charge in [0.15, 0.2) is 0 Å². The highest BCUT2D eigenvalue weighted by Crippen LogP contribution is 2.24. The quantitative estimate of drug-likeness (QED) is 0.708. The summed E-state index contributed by atoms with van der Waals surface area (Å²) in [6.45, 7) is 7.01. The Balaban J connectivity index is 2.15. The van der Waals surface area contributed by atoms with Gasteiger partial charge in [-0.2, -0.15) is 0 Å². The van der Waals surface area contributed by atoms with Crippen molar-refractivity contribution in [1.82, 2.24) is 5.32 Å². The van der Waals surface area contributed by atoms with Crippen LogP contribution in [-0.2, 0) is 0 Å². The van der Waals surface area contributed by atoms with Crippen molar-refractivity contribution < 1.29 is 0 Å². The van der Waals surface area contributed by atoms with E-state index in [0.717, 1.165) is 18.0 Å². The Morgan fingerprint density at radius 3 is 2.79 bits per heavy atom. The third-order valence-corrected chi connectivity index (χ3v) is 3.45. The van der Waals surface area contributed by atoms with Crippen molar-refractivity contribution in [3.8, 4) is 0 Å². The lowest BCUT2D eigenvalue weighted by atomic mass is 9.86. The number of hydrogen-bond acceptors (Lipinski definition) is 1. The number of rotatable bonds is 5. The fourth-order valence-electron chi connectivity index (χ4n) is 2.58. The van der Waals surface area contributed by atoms with Gasteiger partial charge in [-0.25, -0.2) is 0 Å². The lowest BCUT2D eigenvalue weighted by Crippen LogP contribution is -2.39. The van der Waals surface area contributed by atoms with Gasteiger partial charge < -0.3 is 5.32 Å². The van der Waals surface area contributed by atoms with Gasteiger partial charge in [0.1, 0.15) is 0 Å². The molecule has 14 heavy (non-hydrogen) atoms. The molecule has 0 aromatic rings. The molecule has 1 aliphatic carbocycles. The Bertz CT molecular complexity index is 144. The monoisotopic (exact) mass is 197 g/mol. The molecule has 0 bridgehead atoms. The molecule has 1 fully saturated rings. The minimum absolute atomic E-state index is 0.727. The average Bonchev–Trinajstić information content (AvgIpc) is 2.15. The van der Waals surface area contributed by atoms with Crippen LogP contribution in [0.2, 0.25) is 0 Å². The fraction of sp³-hybridized carbons (Fsp3) is 1.00. The van der Waals surface area contributed by atoms with Crippen molar-refractivity contribution in [2.24, 2.45) is 5.92 Å². The van der Waals surface area contributed by atoms with E-state index in [1.54, 1.807) is 0 Å². The largest absolute Gasteiger partial charge is 0.311 e. The van der Waals surface area contributed by atoms with Crippen molar-refractivity contribution in [1.29, 1.82) is 0 Å². The highest BCUT2D eigenvalue weighted by atomic mass is 14.9. The molecule has 1 aliphatic rings. The molecule has 3 unspecified atom stereocenters. The Morgan fingerprint density at radius 2 is 2.14 bits per heavy atom. The number of unbranched alkanes of at least 4 members (excludes halogenated alkanes) is 1. The summed E-state index contributed by atoms with van der Waals surface area (Å²) in [6, 6.07) is 1.54. The first kappa shape index (κ1) is 12.0. The second-order valence-electron chi connectivity index (χ2n) is 5.18. The van der Waals surface area contributed by atoms with E-state index in [9.17, 15) is 0 Å². The zero-order valence-electron chi connectivity index (χ0n) is 10.2. The Morgan fingerprint density at radius 1 is 1.36 bits per heavy atom. The minimum Gasteiger partial charge on any atom is -0.311 e. The third kappa shape index (κ3) is 4.45. The zero-order valence-corrected chi connectivity index (χ0v) is 10.2. The predicted molar refractivity (Wildman–Crippen MR) is 63.5 cm³/mol. The second-order valence-corrected chi connectivity index (χ2v) is 5.18. The molecule has 0 spiro atoms. The third-order valence-electron chi connectivity index (χ3n) is 3.45. The molecule has 1 N–H and O–H groups in total. The van der Waals surface area contributed by atoms with Gasteiger partial charge in [0.25, 0.3) is 0 Å². The molecule has 1 heteroatoms. The van der Waals surface area contributed by atoms with Crippen LogP contribution in [0.4, 0.5) is 0 Å². The molecule has 1 nitrogen and oxygen atoms in total. The van der Waals surface area contributed by atoms with Crippen LogP contribution in [0.3, 0.4) is 0 Å². The molecule has 0 aromatic carbocycles. The van der Waals surface area contributed by atoms with E-state index < -0.39 is 0 Å². The van der Waals surface area contributed by atoms with Gasteiger partial charge in [-0.3, -0.25) is 0 Å². The topological polar surface area (TPSA) is 12.0 Å². The summed E-state index contributed by atoms with van der Waals surface area (Å²) < 4.78 is 0. The van der Waals surface area contributed by atoms with Crippen LogP contribution in [0.15, 0.2) is 0 Å². The Hall–Kier alpha value is -0.0400. The van der Waals surface area contributed by atoms with Gasteiger partial charge in [0.2, 0.25) is 0 Å². The van der Waals surface area contributed by atoms with Crippen molar-refractivity contribution in [3.05, 3.63) is 0 Å². The molecule has 0 amide bonds. The standard InChI is InChI=1S/C13H27N/c1-4-5-8-12(3)14-13-9-6-7-11(2)10-13/h11-14H,4-10H2,1-3H3. The van der Waals surface area contributed by atoms with Crippen molar-refractivity contribution in [2.45, 2.75) is 77.8 Å². The summed E-state index contributed by atoms with van der Waals surface area (Å²) in [5.74, 6) is 0.944. The lowest BCUT2D eigenvalue weighted by Gasteiger charge is -2.30. The number of nitrogens with one attached hydrogen (secondary N) is 1. The van der Waals surface area contributed by atoms with Gasteiger partial charge in [-0.05, 0) is 32.1 Å². The normalized spacial score (nSPS) is 30.2. The maximum Gasteiger partial charge on any atom is 0.00720 e. The van der Waals surface area contributed by atoms with E-state index in [2.05, 4.69) is 26.1 Å². The number of hydrogen-bond donors (Lipinski definition) is 1. The van der Waals surface area contributed by atoms with Crippen molar-refractivity contribution in [2.75, 3.05) is 0 Å². The Kier molecular flexibility index (Phi) is 5.54. The van der Waals surface area contributed by atoms with Crippen molar-refractivity contribution >= 4 is 0 Å². The molecule has 1 rings (SSSR count). The summed E-state index contributed by atoms with van der Waals surface area (Å²) >= 11 is 0. The minimum atomic E-state index is 0.727. The van der Waals surface area contributed by atoms with Crippen LogP contribution in [0, 0.1) is 5.92 Å². The molecule has 1 saturated carbocycles. The van der Waals surface area contributed by atoms with Crippen LogP contribution in [0.5, 0.6) is 0 Å². The van der Waals surface area contributed by atoms with Gasteiger partial charge in [0.05, 0.1) is 0 Å². The SMILES string of the molecule is CCCCC(C)NC1CCCC(C)C1. The fourth-order valence-corrected chi connectivity index (χ4v) is 2.58. The molecule has 3 atom stereocenters. The molecule has 0 heterocycles. The van der Waals surface area contributed by atoms with Crippen molar-refractivity contribution in [3.63, 3.8) is 0 Å². The first-order chi connectivity index (χ1) is 6.72. The molecule has 0 aliphatic heterocycles. The Labute approximate surface area is 89.7 Å². The summed E-state index contributed by atoms with van der Waals surface area (Å²) in [6.07, 6.45) is 9.73. The lowest BCUT2D eigenvalue weighted by molar-refractivity contribution is 0.279. The molecule has 0 saturated heterocycles. The maximum atomic E-state index is 3.78. The van der Waals surface area contributed by atoms with Crippen LogP contribution in [-0.4, -0.2) is 12.1 Å². The predicted octanol–water partition coefficient (Wildman–Crippen LogP) is 3.73. The molecule has 0 radical (unpaired) electrons. The summed E-state index contributed by atoms with van der Waals surface area (Å²) in [4.78, 5) is 0. The van der Waals surface area contributed by atoms with Crippen LogP contribution >= 0.6 is 0 Å². The van der Waals surface area contributed by atoms with Crippen LogP contribution < -0.4 is 5.32 Å². The van der Waals surface area contributed by atoms with Gasteiger partial charge in [0, 0.05) is 12.1 Å². The van der Waals surface area contributed by atoms with E-state index >= 15 is 0 Å². The van der Waals surface area contributed by atoms with Gasteiger partial charge in [-0.1, -0.05) is 39.5 Å².